The molecule has 7 nitrogen and oxygen atoms in total. The van der Waals surface area contributed by atoms with E-state index in [1.807, 2.05) is 0 Å². The topological polar surface area (TPSA) is 91.0 Å². The molecule has 31 heavy (non-hydrogen) atoms. The molecule has 0 radical (unpaired) electrons. The second-order valence-electron chi connectivity index (χ2n) is 7.35. The molecule has 1 N–H and O–H groups in total. The van der Waals surface area contributed by atoms with Crippen molar-refractivity contribution in [1.29, 1.82) is 5.26 Å². The predicted molar refractivity (Wildman–Crippen MR) is 111 cm³/mol. The summed E-state index contributed by atoms with van der Waals surface area (Å²) >= 11 is 0. The lowest BCUT2D eigenvalue weighted by atomic mass is 10.1. The third-order valence-corrected chi connectivity index (χ3v) is 5.21. The van der Waals surface area contributed by atoms with Crippen LogP contribution in [-0.4, -0.2) is 33.0 Å². The van der Waals surface area contributed by atoms with Crippen molar-refractivity contribution in [3.63, 3.8) is 0 Å². The Morgan fingerprint density at radius 3 is 2.71 bits per heavy atom. The van der Waals surface area contributed by atoms with Gasteiger partial charge in [0, 0.05) is 18.8 Å². The van der Waals surface area contributed by atoms with Crippen LogP contribution in [0.25, 0.3) is 0 Å². The molecule has 4 rings (SSSR count). The molecule has 0 fully saturated rings. The fourth-order valence-electron chi connectivity index (χ4n) is 3.59. The van der Waals surface area contributed by atoms with E-state index in [4.69, 9.17) is 5.26 Å². The van der Waals surface area contributed by atoms with Crippen LogP contribution in [0.3, 0.4) is 0 Å². The van der Waals surface area contributed by atoms with Gasteiger partial charge in [-0.1, -0.05) is 18.2 Å². The summed E-state index contributed by atoms with van der Waals surface area (Å²) in [6.07, 6.45) is 2.42. The second kappa shape index (κ2) is 8.79. The van der Waals surface area contributed by atoms with Crippen molar-refractivity contribution in [1.82, 2.24) is 14.7 Å². The zero-order valence-corrected chi connectivity index (χ0v) is 16.7. The van der Waals surface area contributed by atoms with Crippen molar-refractivity contribution in [3.8, 4) is 6.07 Å². The molecular weight excluding hydrogens is 397 g/mol. The first-order valence-corrected chi connectivity index (χ1v) is 9.92. The number of rotatable bonds is 4. The standard InChI is InChI=1S/C23H20FN5O2/c24-18-3-1-4-19(12-18)27-23(31)20-14-26-29-10-2-9-28(15-21(20)29)22(30)11-16-5-7-17(13-25)8-6-16/h1,3-8,12,14H,2,9-11,15H2,(H,27,31). The molecule has 0 saturated carbocycles. The van der Waals surface area contributed by atoms with Crippen molar-refractivity contribution >= 4 is 17.5 Å². The van der Waals surface area contributed by atoms with E-state index in [0.717, 1.165) is 12.0 Å². The van der Waals surface area contributed by atoms with Gasteiger partial charge in [-0.2, -0.15) is 10.4 Å². The number of halogens is 1. The molecule has 0 spiro atoms. The van der Waals surface area contributed by atoms with Gasteiger partial charge in [-0.3, -0.25) is 14.3 Å². The van der Waals surface area contributed by atoms with Crippen LogP contribution in [0.2, 0.25) is 0 Å². The first kappa shape index (κ1) is 20.3. The molecule has 0 bridgehead atoms. The molecule has 2 aromatic carbocycles. The number of hydrogen-bond acceptors (Lipinski definition) is 4. The van der Waals surface area contributed by atoms with Gasteiger partial charge in [-0.25, -0.2) is 4.39 Å². The summed E-state index contributed by atoms with van der Waals surface area (Å²) in [7, 11) is 0. The van der Waals surface area contributed by atoms with Crippen LogP contribution in [0.1, 0.15) is 33.6 Å². The van der Waals surface area contributed by atoms with E-state index < -0.39 is 11.7 Å². The molecule has 0 aliphatic carbocycles. The Kier molecular flexibility index (Phi) is 5.76. The number of anilines is 1. The minimum Gasteiger partial charge on any atom is -0.336 e. The van der Waals surface area contributed by atoms with Crippen LogP contribution in [0.15, 0.2) is 54.7 Å². The molecule has 1 aliphatic rings. The minimum absolute atomic E-state index is 0.0594. The Morgan fingerprint density at radius 2 is 1.97 bits per heavy atom. The molecule has 3 aromatic rings. The fraction of sp³-hybridized carbons (Fsp3) is 0.217. The summed E-state index contributed by atoms with van der Waals surface area (Å²) in [5, 5.41) is 15.9. The van der Waals surface area contributed by atoms with Gasteiger partial charge < -0.3 is 10.2 Å². The molecule has 0 atom stereocenters. The summed E-state index contributed by atoms with van der Waals surface area (Å²) in [5.74, 6) is -0.893. The number of aromatic nitrogens is 2. The molecule has 1 aliphatic heterocycles. The number of amides is 2. The van der Waals surface area contributed by atoms with Gasteiger partial charge in [-0.05, 0) is 42.3 Å². The van der Waals surface area contributed by atoms with Crippen molar-refractivity contribution in [2.24, 2.45) is 0 Å². The second-order valence-corrected chi connectivity index (χ2v) is 7.35. The summed E-state index contributed by atoms with van der Waals surface area (Å²) in [4.78, 5) is 27.4. The Bertz CT molecular complexity index is 1160. The van der Waals surface area contributed by atoms with E-state index in [2.05, 4.69) is 16.5 Å². The monoisotopic (exact) mass is 417 g/mol. The molecule has 8 heteroatoms. The molecule has 1 aromatic heterocycles. The van der Waals surface area contributed by atoms with Crippen molar-refractivity contribution < 1.29 is 14.0 Å². The fourth-order valence-corrected chi connectivity index (χ4v) is 3.59. The number of nitrogens with one attached hydrogen (secondary N) is 1. The summed E-state index contributed by atoms with van der Waals surface area (Å²) < 4.78 is 15.2. The SMILES string of the molecule is N#Cc1ccc(CC(=O)N2CCCn3ncc(C(=O)Nc4cccc(F)c4)c3C2)cc1. The van der Waals surface area contributed by atoms with Crippen LogP contribution in [0, 0.1) is 17.1 Å². The number of aryl methyl sites for hydroxylation is 1. The van der Waals surface area contributed by atoms with Gasteiger partial charge in [0.2, 0.25) is 5.91 Å². The number of hydrogen-bond donors (Lipinski definition) is 1. The van der Waals surface area contributed by atoms with Gasteiger partial charge in [0.15, 0.2) is 0 Å². The maximum atomic E-state index is 13.4. The Labute approximate surface area is 178 Å². The largest absolute Gasteiger partial charge is 0.336 e. The quantitative estimate of drug-likeness (QED) is 0.706. The summed E-state index contributed by atoms with van der Waals surface area (Å²) in [6.45, 7) is 1.42. The van der Waals surface area contributed by atoms with Gasteiger partial charge in [0.05, 0.1) is 42.1 Å². The van der Waals surface area contributed by atoms with Crippen molar-refractivity contribution in [2.75, 3.05) is 11.9 Å². The summed E-state index contributed by atoms with van der Waals surface area (Å²) in [5.41, 5.74) is 2.74. The van der Waals surface area contributed by atoms with E-state index in [9.17, 15) is 14.0 Å². The van der Waals surface area contributed by atoms with Crippen LogP contribution < -0.4 is 5.32 Å². The van der Waals surface area contributed by atoms with E-state index in [-0.39, 0.29) is 18.9 Å². The number of carbonyl (C=O) groups excluding carboxylic acids is 2. The minimum atomic E-state index is -0.439. The third kappa shape index (κ3) is 4.61. The summed E-state index contributed by atoms with van der Waals surface area (Å²) in [6, 6.07) is 14.7. The number of nitrogens with zero attached hydrogens (tertiary/aromatic N) is 4. The molecule has 0 unspecified atom stereocenters. The van der Waals surface area contributed by atoms with Crippen molar-refractivity contribution in [3.05, 3.63) is 82.9 Å². The number of fused-ring (bicyclic) bond motifs is 1. The normalized spacial score (nSPS) is 13.1. The van der Waals surface area contributed by atoms with Gasteiger partial charge in [0.1, 0.15) is 5.82 Å². The van der Waals surface area contributed by atoms with Crippen LogP contribution in [-0.2, 0) is 24.3 Å². The molecular formula is C23H20FN5O2. The Morgan fingerprint density at radius 1 is 1.16 bits per heavy atom. The average molecular weight is 417 g/mol. The highest BCUT2D eigenvalue weighted by atomic mass is 19.1. The number of nitriles is 1. The van der Waals surface area contributed by atoms with Crippen LogP contribution >= 0.6 is 0 Å². The first-order valence-electron chi connectivity index (χ1n) is 9.92. The predicted octanol–water partition coefficient (Wildman–Crippen LogP) is 3.12. The highest BCUT2D eigenvalue weighted by Crippen LogP contribution is 2.20. The zero-order chi connectivity index (χ0) is 21.8. The molecule has 156 valence electrons. The van der Waals surface area contributed by atoms with E-state index in [1.54, 1.807) is 39.9 Å². The lowest BCUT2D eigenvalue weighted by Crippen LogP contribution is -2.32. The highest BCUT2D eigenvalue weighted by Gasteiger charge is 2.25. The average Bonchev–Trinajstić information content (AvgIpc) is 3.04. The van der Waals surface area contributed by atoms with Gasteiger partial charge >= 0.3 is 0 Å². The first-order chi connectivity index (χ1) is 15.0. The number of carbonyl (C=O) groups is 2. The maximum absolute atomic E-state index is 13.4. The van der Waals surface area contributed by atoms with Crippen LogP contribution in [0.4, 0.5) is 10.1 Å². The zero-order valence-electron chi connectivity index (χ0n) is 16.7. The number of benzene rings is 2. The van der Waals surface area contributed by atoms with Crippen LogP contribution in [0.5, 0.6) is 0 Å². The van der Waals surface area contributed by atoms with Crippen molar-refractivity contribution in [2.45, 2.75) is 25.9 Å². The molecule has 2 amide bonds. The molecule has 0 saturated heterocycles. The molecule has 2 heterocycles. The van der Waals surface area contributed by atoms with E-state index in [1.165, 1.54) is 24.4 Å². The van der Waals surface area contributed by atoms with E-state index in [0.29, 0.717) is 35.6 Å². The van der Waals surface area contributed by atoms with Gasteiger partial charge in [0.25, 0.3) is 5.91 Å². The lowest BCUT2D eigenvalue weighted by Gasteiger charge is -2.20. The van der Waals surface area contributed by atoms with Gasteiger partial charge in [-0.15, -0.1) is 0 Å². The maximum Gasteiger partial charge on any atom is 0.259 e. The smallest absolute Gasteiger partial charge is 0.259 e. The van der Waals surface area contributed by atoms with E-state index >= 15 is 0 Å². The Balaban J connectivity index is 1.50. The lowest BCUT2D eigenvalue weighted by molar-refractivity contribution is -0.131. The third-order valence-electron chi connectivity index (χ3n) is 5.21. The Hall–Kier alpha value is -3.99. The highest BCUT2D eigenvalue weighted by molar-refractivity contribution is 6.05.